The summed E-state index contributed by atoms with van der Waals surface area (Å²) in [6, 6.07) is 2.77. The maximum atomic E-state index is 10.8. The van der Waals surface area contributed by atoms with E-state index in [2.05, 4.69) is 10.3 Å². The largest absolute Gasteiger partial charge is 0.481 e. The van der Waals surface area contributed by atoms with Crippen LogP contribution in [0.4, 0.5) is 11.5 Å². The molecule has 1 heterocycles. The number of aliphatic hydroxyl groups is 1. The van der Waals surface area contributed by atoms with E-state index in [-0.39, 0.29) is 11.5 Å². The standard InChI is InChI=1S/C11H17N3O4/c1-3-8(15)6-7-12-11-9(14(16)17)4-5-10(13-11)18-2/h4-5,8,15H,3,6-7H2,1-2H3,(H,12,13). The van der Waals surface area contributed by atoms with Crippen molar-refractivity contribution in [1.82, 2.24) is 4.98 Å². The molecule has 100 valence electrons. The number of rotatable bonds is 7. The second-order valence-corrected chi connectivity index (χ2v) is 3.76. The van der Waals surface area contributed by atoms with Gasteiger partial charge >= 0.3 is 5.69 Å². The van der Waals surface area contributed by atoms with E-state index >= 15 is 0 Å². The molecule has 0 aliphatic carbocycles. The molecule has 0 fully saturated rings. The third-order valence-corrected chi connectivity index (χ3v) is 2.50. The van der Waals surface area contributed by atoms with Crippen LogP contribution in [0, 0.1) is 10.1 Å². The quantitative estimate of drug-likeness (QED) is 0.567. The molecule has 1 rings (SSSR count). The van der Waals surface area contributed by atoms with Gasteiger partial charge in [-0.05, 0) is 12.8 Å². The van der Waals surface area contributed by atoms with Gasteiger partial charge in [-0.1, -0.05) is 6.92 Å². The maximum absolute atomic E-state index is 10.8. The number of methoxy groups -OCH3 is 1. The number of nitrogens with zero attached hydrogens (tertiary/aromatic N) is 2. The van der Waals surface area contributed by atoms with E-state index in [4.69, 9.17) is 4.74 Å². The molecule has 1 aromatic rings. The zero-order valence-corrected chi connectivity index (χ0v) is 10.4. The number of aromatic nitrogens is 1. The molecule has 7 nitrogen and oxygen atoms in total. The van der Waals surface area contributed by atoms with Crippen molar-refractivity contribution in [2.75, 3.05) is 19.0 Å². The van der Waals surface area contributed by atoms with Crippen LogP contribution >= 0.6 is 0 Å². The number of anilines is 1. The third kappa shape index (κ3) is 3.85. The van der Waals surface area contributed by atoms with Crippen LogP contribution in [-0.2, 0) is 0 Å². The van der Waals surface area contributed by atoms with Crippen LogP contribution in [0.5, 0.6) is 5.88 Å². The van der Waals surface area contributed by atoms with Crippen molar-refractivity contribution in [2.45, 2.75) is 25.9 Å². The molecule has 1 aromatic heterocycles. The van der Waals surface area contributed by atoms with Gasteiger partial charge in [0.1, 0.15) is 0 Å². The Morgan fingerprint density at radius 1 is 1.61 bits per heavy atom. The highest BCUT2D eigenvalue weighted by Crippen LogP contribution is 2.24. The Labute approximate surface area is 105 Å². The SMILES string of the molecule is CCC(O)CCNc1nc(OC)ccc1[N+](=O)[O-]. The lowest BCUT2D eigenvalue weighted by Crippen LogP contribution is -2.13. The molecular formula is C11H17N3O4. The molecule has 0 saturated heterocycles. The van der Waals surface area contributed by atoms with Crippen molar-refractivity contribution in [3.63, 3.8) is 0 Å². The summed E-state index contributed by atoms with van der Waals surface area (Å²) in [5.41, 5.74) is -0.109. The van der Waals surface area contributed by atoms with Crippen LogP contribution in [0.15, 0.2) is 12.1 Å². The molecule has 0 aromatic carbocycles. The minimum atomic E-state index is -0.509. The number of aliphatic hydroxyl groups excluding tert-OH is 1. The molecule has 0 amide bonds. The molecule has 0 aliphatic heterocycles. The van der Waals surface area contributed by atoms with Crippen LogP contribution in [0.1, 0.15) is 19.8 Å². The summed E-state index contributed by atoms with van der Waals surface area (Å²) in [6.07, 6.45) is 0.740. The molecule has 0 aliphatic rings. The van der Waals surface area contributed by atoms with Gasteiger partial charge < -0.3 is 15.2 Å². The summed E-state index contributed by atoms with van der Waals surface area (Å²) in [5, 5.41) is 23.0. The van der Waals surface area contributed by atoms with Gasteiger partial charge in [0.15, 0.2) is 0 Å². The number of ether oxygens (including phenoxy) is 1. The van der Waals surface area contributed by atoms with Crippen LogP contribution in [-0.4, -0.2) is 34.8 Å². The first-order valence-corrected chi connectivity index (χ1v) is 5.69. The number of pyridine rings is 1. The van der Waals surface area contributed by atoms with Crippen LogP contribution in [0.2, 0.25) is 0 Å². The number of hydrogen-bond acceptors (Lipinski definition) is 6. The molecule has 1 unspecified atom stereocenters. The van der Waals surface area contributed by atoms with Crippen molar-refractivity contribution in [2.24, 2.45) is 0 Å². The van der Waals surface area contributed by atoms with Crippen molar-refractivity contribution in [3.05, 3.63) is 22.2 Å². The Morgan fingerprint density at radius 3 is 2.89 bits per heavy atom. The van der Waals surface area contributed by atoms with Crippen LogP contribution in [0.25, 0.3) is 0 Å². The van der Waals surface area contributed by atoms with E-state index in [0.29, 0.717) is 25.3 Å². The Balaban J connectivity index is 2.75. The Bertz CT molecular complexity index is 411. The van der Waals surface area contributed by atoms with Crippen molar-refractivity contribution < 1.29 is 14.8 Å². The Morgan fingerprint density at radius 2 is 2.33 bits per heavy atom. The number of nitrogens with one attached hydrogen (secondary N) is 1. The molecular weight excluding hydrogens is 238 g/mol. The van der Waals surface area contributed by atoms with Gasteiger partial charge in [0.05, 0.1) is 18.1 Å². The number of nitro groups is 1. The zero-order valence-electron chi connectivity index (χ0n) is 10.4. The monoisotopic (exact) mass is 255 g/mol. The van der Waals surface area contributed by atoms with E-state index in [1.54, 1.807) is 0 Å². The molecule has 0 spiro atoms. The molecule has 18 heavy (non-hydrogen) atoms. The third-order valence-electron chi connectivity index (χ3n) is 2.50. The fraction of sp³-hybridized carbons (Fsp3) is 0.545. The minimum Gasteiger partial charge on any atom is -0.481 e. The van der Waals surface area contributed by atoms with E-state index in [0.717, 1.165) is 0 Å². The average molecular weight is 255 g/mol. The molecule has 0 radical (unpaired) electrons. The zero-order chi connectivity index (χ0) is 13.5. The first-order chi connectivity index (χ1) is 8.58. The smallest absolute Gasteiger partial charge is 0.311 e. The van der Waals surface area contributed by atoms with Crippen molar-refractivity contribution in [1.29, 1.82) is 0 Å². The molecule has 0 saturated carbocycles. The fourth-order valence-electron chi connectivity index (χ4n) is 1.39. The maximum Gasteiger partial charge on any atom is 0.311 e. The lowest BCUT2D eigenvalue weighted by molar-refractivity contribution is -0.384. The second kappa shape index (κ2) is 6.75. The van der Waals surface area contributed by atoms with Gasteiger partial charge in [0, 0.05) is 18.7 Å². The van der Waals surface area contributed by atoms with Crippen molar-refractivity contribution >= 4 is 11.5 Å². The minimum absolute atomic E-state index is 0.109. The Hall–Kier alpha value is -1.89. The predicted octanol–water partition coefficient (Wildman–Crippen LogP) is 1.57. The van der Waals surface area contributed by atoms with Crippen molar-refractivity contribution in [3.8, 4) is 5.88 Å². The van der Waals surface area contributed by atoms with Gasteiger partial charge in [-0.25, -0.2) is 0 Å². The van der Waals surface area contributed by atoms with E-state index in [1.165, 1.54) is 19.2 Å². The summed E-state index contributed by atoms with van der Waals surface area (Å²) in [6.45, 7) is 2.28. The van der Waals surface area contributed by atoms with Crippen LogP contribution < -0.4 is 10.1 Å². The molecule has 2 N–H and O–H groups in total. The van der Waals surface area contributed by atoms with Gasteiger partial charge in [0.2, 0.25) is 11.7 Å². The summed E-state index contributed by atoms with van der Waals surface area (Å²) in [5.74, 6) is 0.460. The normalized spacial score (nSPS) is 11.9. The average Bonchev–Trinajstić information content (AvgIpc) is 2.37. The first kappa shape index (κ1) is 14.2. The predicted molar refractivity (Wildman–Crippen MR) is 66.8 cm³/mol. The van der Waals surface area contributed by atoms with E-state index < -0.39 is 11.0 Å². The lowest BCUT2D eigenvalue weighted by Gasteiger charge is -2.10. The first-order valence-electron chi connectivity index (χ1n) is 5.69. The van der Waals surface area contributed by atoms with Gasteiger partial charge in [-0.3, -0.25) is 10.1 Å². The topological polar surface area (TPSA) is 97.5 Å². The van der Waals surface area contributed by atoms with Gasteiger partial charge in [0.25, 0.3) is 0 Å². The summed E-state index contributed by atoms with van der Waals surface area (Å²) < 4.78 is 4.92. The molecule has 0 bridgehead atoms. The summed E-state index contributed by atoms with van der Waals surface area (Å²) in [4.78, 5) is 14.3. The van der Waals surface area contributed by atoms with Gasteiger partial charge in [-0.2, -0.15) is 4.98 Å². The van der Waals surface area contributed by atoms with Crippen LogP contribution in [0.3, 0.4) is 0 Å². The highest BCUT2D eigenvalue weighted by molar-refractivity contribution is 5.56. The summed E-state index contributed by atoms with van der Waals surface area (Å²) >= 11 is 0. The highest BCUT2D eigenvalue weighted by atomic mass is 16.6. The second-order valence-electron chi connectivity index (χ2n) is 3.76. The van der Waals surface area contributed by atoms with E-state index in [1.807, 2.05) is 6.92 Å². The van der Waals surface area contributed by atoms with E-state index in [9.17, 15) is 15.2 Å². The summed E-state index contributed by atoms with van der Waals surface area (Å²) in [7, 11) is 1.44. The number of hydrogen-bond donors (Lipinski definition) is 2. The highest BCUT2D eigenvalue weighted by Gasteiger charge is 2.16. The van der Waals surface area contributed by atoms with Gasteiger partial charge in [-0.15, -0.1) is 0 Å². The Kier molecular flexibility index (Phi) is 5.31. The molecule has 7 heteroatoms. The molecule has 1 atom stereocenters. The lowest BCUT2D eigenvalue weighted by atomic mass is 10.2. The fourth-order valence-corrected chi connectivity index (χ4v) is 1.39.